The molecule has 1 aromatic heterocycles. The predicted molar refractivity (Wildman–Crippen MR) is 79.4 cm³/mol. The average Bonchev–Trinajstić information content (AvgIpc) is 2.91. The molecular weight excluding hydrogens is 389 g/mol. The van der Waals surface area contributed by atoms with Gasteiger partial charge in [-0.05, 0) is 0 Å². The molecule has 132 valence electrons. The summed E-state index contributed by atoms with van der Waals surface area (Å²) in [6, 6.07) is -2.79. The number of hydrogen-bond donors (Lipinski definition) is 3. The number of carbonyl (C=O) groups is 2. The Bertz CT molecular complexity index is 795. The zero-order valence-electron chi connectivity index (χ0n) is 13.1. The molecule has 0 spiro atoms. The molecule has 2 atom stereocenters. The zero-order valence-corrected chi connectivity index (χ0v) is 16.7. The first-order chi connectivity index (χ1) is 11.2. The third-order valence-electron chi connectivity index (χ3n) is 3.05. The van der Waals surface area contributed by atoms with Gasteiger partial charge in [-0.15, -0.1) is 11.3 Å². The molecule has 1 fully saturated rings. The minimum Gasteiger partial charge on any atom is -0.731 e. The van der Waals surface area contributed by atoms with Crippen LogP contribution in [0.15, 0.2) is 10.5 Å². The van der Waals surface area contributed by atoms with Crippen LogP contribution in [0.1, 0.15) is 5.69 Å². The maximum atomic E-state index is 12.2. The van der Waals surface area contributed by atoms with Crippen LogP contribution >= 0.6 is 11.3 Å². The van der Waals surface area contributed by atoms with E-state index >= 15 is 0 Å². The van der Waals surface area contributed by atoms with Crippen LogP contribution in [0, 0.1) is 0 Å². The molecule has 4 N–H and O–H groups in total. The van der Waals surface area contributed by atoms with Crippen LogP contribution in [-0.2, 0) is 24.7 Å². The van der Waals surface area contributed by atoms with Gasteiger partial charge >= 0.3 is 29.6 Å². The Morgan fingerprint density at radius 2 is 2.28 bits per heavy atom. The van der Waals surface area contributed by atoms with Gasteiger partial charge in [0.25, 0.3) is 11.8 Å². The SMILES string of the molecule is CON=C(C(=O)NC1C(=O)N(S(=O)(=O)[O-])C1CO)c1csc(N)n1.[Na+]. The number of nitrogen functional groups attached to an aromatic ring is 1. The van der Waals surface area contributed by atoms with Crippen LogP contribution in [0.4, 0.5) is 5.13 Å². The van der Waals surface area contributed by atoms with Crippen molar-refractivity contribution in [3.05, 3.63) is 11.1 Å². The third-order valence-corrected chi connectivity index (χ3v) is 4.65. The molecule has 1 aliphatic rings. The molecular formula is C10H12N5NaO7S2. The fourth-order valence-corrected chi connectivity index (χ4v) is 3.44. The van der Waals surface area contributed by atoms with E-state index in [4.69, 9.17) is 10.8 Å². The van der Waals surface area contributed by atoms with Crippen LogP contribution in [0.3, 0.4) is 0 Å². The van der Waals surface area contributed by atoms with Crippen molar-refractivity contribution >= 4 is 44.3 Å². The standard InChI is InChI=1S/C10H13N5O7S2.Na/c1-22-14-6(4-3-23-10(11)12-4)8(17)13-7-5(2-16)15(9(7)18)24(19,20)21;/h3,5,7,16H,2H2,1H3,(H2,11,12)(H,13,17)(H,19,20,21);/q;+1/p-1. The molecule has 1 aliphatic heterocycles. The number of thiazole rings is 1. The smallest absolute Gasteiger partial charge is 0.731 e. The van der Waals surface area contributed by atoms with Crippen LogP contribution in [0.2, 0.25) is 0 Å². The van der Waals surface area contributed by atoms with Crippen LogP contribution in [0.25, 0.3) is 0 Å². The summed E-state index contributed by atoms with van der Waals surface area (Å²) in [7, 11) is -3.90. The van der Waals surface area contributed by atoms with Crippen LogP contribution < -0.4 is 40.6 Å². The van der Waals surface area contributed by atoms with Crippen molar-refractivity contribution in [1.29, 1.82) is 0 Å². The Kier molecular flexibility index (Phi) is 7.30. The first kappa shape index (κ1) is 21.8. The number of oxime groups is 1. The molecule has 2 unspecified atom stereocenters. The number of aliphatic hydroxyl groups is 1. The molecule has 1 saturated heterocycles. The van der Waals surface area contributed by atoms with E-state index in [2.05, 4.69) is 20.3 Å². The molecule has 0 radical (unpaired) electrons. The van der Waals surface area contributed by atoms with Crippen molar-refractivity contribution in [2.45, 2.75) is 12.1 Å². The maximum absolute atomic E-state index is 12.2. The summed E-state index contributed by atoms with van der Waals surface area (Å²) in [5.41, 5.74) is 5.24. The quantitative estimate of drug-likeness (QED) is 0.137. The van der Waals surface area contributed by atoms with Crippen molar-refractivity contribution in [3.63, 3.8) is 0 Å². The van der Waals surface area contributed by atoms with E-state index in [0.717, 1.165) is 11.3 Å². The van der Waals surface area contributed by atoms with Crippen molar-refractivity contribution in [1.82, 2.24) is 14.6 Å². The van der Waals surface area contributed by atoms with Gasteiger partial charge in [-0.3, -0.25) is 9.59 Å². The topological polar surface area (TPSA) is 187 Å². The number of nitrogens with one attached hydrogen (secondary N) is 1. The van der Waals surface area contributed by atoms with Gasteiger partial charge in [0.2, 0.25) is 0 Å². The number of nitrogens with two attached hydrogens (primary N) is 1. The third kappa shape index (κ3) is 4.46. The van der Waals surface area contributed by atoms with Crippen molar-refractivity contribution in [3.8, 4) is 0 Å². The van der Waals surface area contributed by atoms with Gasteiger partial charge in [-0.25, -0.2) is 17.7 Å². The van der Waals surface area contributed by atoms with E-state index in [1.54, 1.807) is 0 Å². The molecule has 15 heteroatoms. The summed E-state index contributed by atoms with van der Waals surface area (Å²) < 4.78 is 32.8. The normalized spacial score (nSPS) is 20.5. The number of aliphatic hydroxyl groups excluding tert-OH is 1. The van der Waals surface area contributed by atoms with Gasteiger partial charge in [-0.2, -0.15) is 0 Å². The largest absolute Gasteiger partial charge is 1.00 e. The monoisotopic (exact) mass is 401 g/mol. The first-order valence-electron chi connectivity index (χ1n) is 6.24. The second-order valence-electron chi connectivity index (χ2n) is 4.49. The summed E-state index contributed by atoms with van der Waals surface area (Å²) in [5, 5.41) is 16.4. The summed E-state index contributed by atoms with van der Waals surface area (Å²) >= 11 is 1.04. The predicted octanol–water partition coefficient (Wildman–Crippen LogP) is -5.77. The van der Waals surface area contributed by atoms with Crippen molar-refractivity contribution in [2.24, 2.45) is 5.16 Å². The summed E-state index contributed by atoms with van der Waals surface area (Å²) in [6.07, 6.45) is 0. The van der Waals surface area contributed by atoms with E-state index in [1.807, 2.05) is 0 Å². The molecule has 2 heterocycles. The molecule has 25 heavy (non-hydrogen) atoms. The van der Waals surface area contributed by atoms with E-state index < -0.39 is 40.8 Å². The Morgan fingerprint density at radius 1 is 1.64 bits per heavy atom. The van der Waals surface area contributed by atoms with Gasteiger partial charge in [0.05, 0.1) is 12.6 Å². The Labute approximate surface area is 168 Å². The number of rotatable bonds is 6. The summed E-state index contributed by atoms with van der Waals surface area (Å²) in [5.74, 6) is -2.08. The molecule has 2 amide bonds. The van der Waals surface area contributed by atoms with Gasteiger partial charge in [0.1, 0.15) is 18.8 Å². The second-order valence-corrected chi connectivity index (χ2v) is 6.62. The number of hydrogen-bond acceptors (Lipinski definition) is 11. The van der Waals surface area contributed by atoms with Gasteiger partial charge in [-0.1, -0.05) is 5.16 Å². The number of nitrogens with zero attached hydrogens (tertiary/aromatic N) is 3. The summed E-state index contributed by atoms with van der Waals surface area (Å²) in [4.78, 5) is 32.4. The number of β-lactam (4-membered cyclic amide) rings is 1. The van der Waals surface area contributed by atoms with Crippen LogP contribution in [0.5, 0.6) is 0 Å². The molecule has 12 nitrogen and oxygen atoms in total. The zero-order chi connectivity index (χ0) is 18.1. The molecule has 0 aliphatic carbocycles. The van der Waals surface area contributed by atoms with E-state index in [0.29, 0.717) is 0 Å². The number of amides is 2. The number of anilines is 1. The van der Waals surface area contributed by atoms with Gasteiger partial charge < -0.3 is 25.5 Å². The van der Waals surface area contributed by atoms with Crippen LogP contribution in [-0.4, -0.2) is 70.7 Å². The Morgan fingerprint density at radius 3 is 2.72 bits per heavy atom. The molecule has 0 saturated carbocycles. The van der Waals surface area contributed by atoms with Gasteiger partial charge in [0.15, 0.2) is 21.1 Å². The first-order valence-corrected chi connectivity index (χ1v) is 8.48. The summed E-state index contributed by atoms with van der Waals surface area (Å²) in [6.45, 7) is -0.835. The average molecular weight is 401 g/mol. The van der Waals surface area contributed by atoms with E-state index in [9.17, 15) is 22.6 Å². The van der Waals surface area contributed by atoms with Gasteiger partial charge in [0, 0.05) is 5.38 Å². The maximum Gasteiger partial charge on any atom is 1.00 e. The minimum absolute atomic E-state index is 0. The molecule has 0 aromatic carbocycles. The fourth-order valence-electron chi connectivity index (χ4n) is 2.03. The van der Waals surface area contributed by atoms with Crippen molar-refractivity contribution < 1.29 is 62.1 Å². The molecule has 2 rings (SSSR count). The minimum atomic E-state index is -5.08. The molecule has 1 aromatic rings. The number of carbonyl (C=O) groups excluding carboxylic acids is 2. The Balaban J connectivity index is 0.00000312. The van der Waals surface area contributed by atoms with Crippen molar-refractivity contribution in [2.75, 3.05) is 19.5 Å². The molecule has 0 bridgehead atoms. The van der Waals surface area contributed by atoms with E-state index in [1.165, 1.54) is 12.5 Å². The fraction of sp³-hybridized carbons (Fsp3) is 0.400. The Hall–Kier alpha value is -1.29. The second kappa shape index (κ2) is 8.39. The number of aromatic nitrogens is 1. The van der Waals surface area contributed by atoms with E-state index in [-0.39, 0.29) is 50.4 Å².